The molecule has 0 bridgehead atoms. The molecule has 0 fully saturated rings. The molecule has 0 saturated heterocycles. The lowest BCUT2D eigenvalue weighted by molar-refractivity contribution is 0.423. The number of fused-ring (bicyclic) bond motifs is 7. The van der Waals surface area contributed by atoms with E-state index in [0.29, 0.717) is 23.7 Å². The molecule has 0 aliphatic heterocycles. The summed E-state index contributed by atoms with van der Waals surface area (Å²) in [6.45, 7) is 0. The van der Waals surface area contributed by atoms with Crippen LogP contribution in [0.1, 0.15) is 49.1 Å². The first kappa shape index (κ1) is 21.5. The van der Waals surface area contributed by atoms with E-state index in [1.54, 1.807) is 11.1 Å². The molecule has 0 amide bonds. The minimum Gasteiger partial charge on any atom is -0.456 e. The van der Waals surface area contributed by atoms with E-state index in [4.69, 9.17) is 4.42 Å². The van der Waals surface area contributed by atoms with Gasteiger partial charge in [-0.25, -0.2) is 0 Å². The molecule has 4 aliphatic carbocycles. The van der Waals surface area contributed by atoms with Gasteiger partial charge in [0.05, 0.1) is 0 Å². The van der Waals surface area contributed by atoms with Crippen LogP contribution >= 0.6 is 0 Å². The Bertz CT molecular complexity index is 1710. The van der Waals surface area contributed by atoms with Crippen LogP contribution < -0.4 is 10.4 Å². The van der Waals surface area contributed by atoms with Crippen LogP contribution in [0.25, 0.3) is 33.4 Å². The van der Waals surface area contributed by atoms with Crippen LogP contribution in [0.2, 0.25) is 0 Å². The molecule has 4 aliphatic rings. The maximum absolute atomic E-state index is 6.64. The molecule has 1 nitrogen and oxygen atoms in total. The Hall–Kier alpha value is -3.58. The van der Waals surface area contributed by atoms with Crippen molar-refractivity contribution in [3.63, 3.8) is 0 Å². The third kappa shape index (κ3) is 3.23. The van der Waals surface area contributed by atoms with Gasteiger partial charge in [-0.1, -0.05) is 102 Å². The van der Waals surface area contributed by atoms with Gasteiger partial charge in [-0.3, -0.25) is 0 Å². The van der Waals surface area contributed by atoms with E-state index in [9.17, 15) is 0 Å². The van der Waals surface area contributed by atoms with Gasteiger partial charge in [0.25, 0.3) is 0 Å². The van der Waals surface area contributed by atoms with Gasteiger partial charge in [0.2, 0.25) is 0 Å². The Kier molecular flexibility index (Phi) is 4.93. The molecule has 4 unspecified atom stereocenters. The van der Waals surface area contributed by atoms with Crippen molar-refractivity contribution in [2.45, 2.75) is 44.4 Å². The van der Waals surface area contributed by atoms with Crippen LogP contribution in [0, 0.1) is 17.8 Å². The lowest BCUT2D eigenvalue weighted by Gasteiger charge is -2.42. The van der Waals surface area contributed by atoms with Crippen LogP contribution in [-0.2, 0) is 6.42 Å². The summed E-state index contributed by atoms with van der Waals surface area (Å²) < 4.78 is 6.64. The number of allylic oxidation sites excluding steroid dienone is 4. The second-order valence-corrected chi connectivity index (χ2v) is 11.3. The maximum Gasteiger partial charge on any atom is 0.139 e. The van der Waals surface area contributed by atoms with Crippen molar-refractivity contribution in [1.82, 2.24) is 0 Å². The molecular weight excluding hydrogens is 448 g/mol. The lowest BCUT2D eigenvalue weighted by atomic mass is 9.61. The zero-order valence-electron chi connectivity index (χ0n) is 21.2. The molecule has 1 aromatic heterocycles. The number of hydrogen-bond acceptors (Lipinski definition) is 1. The van der Waals surface area contributed by atoms with Crippen molar-refractivity contribution >= 4 is 22.1 Å². The molecule has 182 valence electrons. The molecule has 3 aromatic carbocycles. The SMILES string of the molecule is C1=CCC(C2=c3ccccc3=C(C3Cc4ccccc4-c4oc5ccccc5c43)C3CC=CCC23)CC1. The van der Waals surface area contributed by atoms with Gasteiger partial charge >= 0.3 is 0 Å². The normalized spacial score (nSPS) is 25.9. The van der Waals surface area contributed by atoms with Gasteiger partial charge < -0.3 is 4.42 Å². The highest BCUT2D eigenvalue weighted by atomic mass is 16.3. The van der Waals surface area contributed by atoms with Gasteiger partial charge in [0, 0.05) is 22.4 Å². The van der Waals surface area contributed by atoms with E-state index in [2.05, 4.69) is 97.1 Å². The first-order valence-electron chi connectivity index (χ1n) is 14.1. The van der Waals surface area contributed by atoms with Crippen LogP contribution in [0.5, 0.6) is 0 Å². The van der Waals surface area contributed by atoms with Crippen molar-refractivity contribution in [3.05, 3.63) is 119 Å². The summed E-state index contributed by atoms with van der Waals surface area (Å²) in [4.78, 5) is 0. The highest BCUT2D eigenvalue weighted by Gasteiger charge is 2.41. The monoisotopic (exact) mass is 480 g/mol. The minimum atomic E-state index is 0.335. The summed E-state index contributed by atoms with van der Waals surface area (Å²) in [5.41, 5.74) is 8.51. The van der Waals surface area contributed by atoms with Crippen LogP contribution in [0.4, 0.5) is 0 Å². The Morgan fingerprint density at radius 2 is 1.35 bits per heavy atom. The quantitative estimate of drug-likeness (QED) is 0.268. The average Bonchev–Trinajstić information content (AvgIpc) is 3.36. The number of hydrogen-bond donors (Lipinski definition) is 0. The van der Waals surface area contributed by atoms with E-state index in [1.807, 2.05) is 0 Å². The predicted octanol–water partition coefficient (Wildman–Crippen LogP) is 7.69. The van der Waals surface area contributed by atoms with Gasteiger partial charge in [-0.15, -0.1) is 0 Å². The highest BCUT2D eigenvalue weighted by molar-refractivity contribution is 5.93. The van der Waals surface area contributed by atoms with Crippen molar-refractivity contribution in [3.8, 4) is 11.3 Å². The number of para-hydroxylation sites is 1. The molecule has 37 heavy (non-hydrogen) atoms. The minimum absolute atomic E-state index is 0.335. The molecule has 4 aromatic rings. The Morgan fingerprint density at radius 1 is 0.649 bits per heavy atom. The highest BCUT2D eigenvalue weighted by Crippen LogP contribution is 2.53. The summed E-state index contributed by atoms with van der Waals surface area (Å²) in [6.07, 6.45) is 16.8. The van der Waals surface area contributed by atoms with E-state index in [1.165, 1.54) is 58.2 Å². The smallest absolute Gasteiger partial charge is 0.139 e. The fraction of sp³-hybridized carbons (Fsp3) is 0.278. The van der Waals surface area contributed by atoms with Gasteiger partial charge in [-0.05, 0) is 78.3 Å². The molecule has 0 saturated carbocycles. The first-order valence-corrected chi connectivity index (χ1v) is 14.1. The van der Waals surface area contributed by atoms with Gasteiger partial charge in [-0.2, -0.15) is 0 Å². The molecule has 0 N–H and O–H groups in total. The molecule has 0 radical (unpaired) electrons. The Morgan fingerprint density at radius 3 is 2.19 bits per heavy atom. The maximum atomic E-state index is 6.64. The second-order valence-electron chi connectivity index (χ2n) is 11.3. The average molecular weight is 481 g/mol. The van der Waals surface area contributed by atoms with Crippen molar-refractivity contribution < 1.29 is 4.42 Å². The zero-order chi connectivity index (χ0) is 24.3. The van der Waals surface area contributed by atoms with Gasteiger partial charge in [0.1, 0.15) is 11.3 Å². The zero-order valence-corrected chi connectivity index (χ0v) is 21.2. The predicted molar refractivity (Wildman–Crippen MR) is 152 cm³/mol. The van der Waals surface area contributed by atoms with Crippen LogP contribution in [0.15, 0.2) is 102 Å². The fourth-order valence-corrected chi connectivity index (χ4v) is 8.05. The molecular formula is C36H32O. The third-order valence-corrected chi connectivity index (χ3v) is 9.53. The topological polar surface area (TPSA) is 13.1 Å². The molecule has 4 atom stereocenters. The number of rotatable bonds is 2. The summed E-state index contributed by atoms with van der Waals surface area (Å²) in [6, 6.07) is 27.0. The van der Waals surface area contributed by atoms with Crippen molar-refractivity contribution in [2.24, 2.45) is 17.8 Å². The Labute approximate surface area is 218 Å². The van der Waals surface area contributed by atoms with Gasteiger partial charge in [0.15, 0.2) is 0 Å². The van der Waals surface area contributed by atoms with Crippen molar-refractivity contribution in [2.75, 3.05) is 0 Å². The standard InChI is InChI=1S/C36H32O/c1-2-12-23(13-3-1)33-26-16-6-8-18-28(26)34(29-19-9-7-17-27(29)33)31-22-24-14-4-5-15-25(24)36-35(31)30-20-10-11-21-32(30)37-36/h1-2,4-11,14-16,18,20-21,23,27,29,31H,3,12-13,17,19,22H2. The molecule has 0 spiro atoms. The van der Waals surface area contributed by atoms with E-state index in [-0.39, 0.29) is 0 Å². The van der Waals surface area contributed by atoms with Crippen LogP contribution in [0.3, 0.4) is 0 Å². The number of furan rings is 1. The largest absolute Gasteiger partial charge is 0.456 e. The fourth-order valence-electron chi connectivity index (χ4n) is 8.05. The van der Waals surface area contributed by atoms with E-state index < -0.39 is 0 Å². The van der Waals surface area contributed by atoms with E-state index >= 15 is 0 Å². The third-order valence-electron chi connectivity index (χ3n) is 9.53. The summed E-state index contributed by atoms with van der Waals surface area (Å²) >= 11 is 0. The second kappa shape index (κ2) is 8.48. The molecule has 1 heterocycles. The molecule has 8 rings (SSSR count). The first-order chi connectivity index (χ1) is 18.4. The Balaban J connectivity index is 1.45. The summed E-state index contributed by atoms with van der Waals surface area (Å²) in [7, 11) is 0. The number of benzene rings is 3. The molecule has 1 heteroatoms. The lowest BCUT2D eigenvalue weighted by Crippen LogP contribution is -2.44. The summed E-state index contributed by atoms with van der Waals surface area (Å²) in [5.74, 6) is 3.25. The van der Waals surface area contributed by atoms with E-state index in [0.717, 1.165) is 24.2 Å². The summed E-state index contributed by atoms with van der Waals surface area (Å²) in [5, 5.41) is 4.32. The van der Waals surface area contributed by atoms with Crippen molar-refractivity contribution in [1.29, 1.82) is 0 Å². The van der Waals surface area contributed by atoms with Crippen LogP contribution in [-0.4, -0.2) is 0 Å².